The molecule has 3 aromatic rings. The molecule has 2 N–H and O–H groups in total. The lowest BCUT2D eigenvalue weighted by molar-refractivity contribution is 0.101. The van der Waals surface area contributed by atoms with E-state index in [1.54, 1.807) is 31.2 Å². The molecule has 0 bridgehead atoms. The number of rotatable bonds is 3. The molecule has 0 aliphatic rings. The molecule has 1 amide bonds. The summed E-state index contributed by atoms with van der Waals surface area (Å²) in [5.41, 5.74) is 0.875. The highest BCUT2D eigenvalue weighted by molar-refractivity contribution is 6.12. The Bertz CT molecular complexity index is 967. The molecule has 0 spiro atoms. The average molecular weight is 311 g/mol. The molecule has 23 heavy (non-hydrogen) atoms. The molecule has 7 heteroatoms. The zero-order chi connectivity index (χ0) is 16.6. The van der Waals surface area contributed by atoms with E-state index in [0.717, 1.165) is 0 Å². The van der Waals surface area contributed by atoms with E-state index in [9.17, 15) is 14.4 Å². The quantitative estimate of drug-likeness (QED) is 0.722. The van der Waals surface area contributed by atoms with Gasteiger partial charge < -0.3 is 14.7 Å². The number of nitrogens with zero attached hydrogens (tertiary/aromatic N) is 1. The van der Waals surface area contributed by atoms with Gasteiger partial charge in [0.15, 0.2) is 5.78 Å². The van der Waals surface area contributed by atoms with E-state index in [-0.39, 0.29) is 22.4 Å². The number of fused-ring (bicyclic) bond motifs is 1. The molecule has 0 saturated carbocycles. The van der Waals surface area contributed by atoms with Gasteiger partial charge in [0.1, 0.15) is 11.1 Å². The molecule has 116 valence electrons. The van der Waals surface area contributed by atoms with E-state index in [2.05, 4.69) is 15.3 Å². The van der Waals surface area contributed by atoms with Crippen molar-refractivity contribution in [1.29, 1.82) is 0 Å². The number of furan rings is 1. The highest BCUT2D eigenvalue weighted by Crippen LogP contribution is 2.22. The van der Waals surface area contributed by atoms with Crippen molar-refractivity contribution >= 4 is 28.5 Å². The van der Waals surface area contributed by atoms with Crippen molar-refractivity contribution in [3.05, 3.63) is 57.8 Å². The number of aryl methyl sites for hydroxylation is 1. The number of carbonyl (C=O) groups excluding carboxylic acids is 2. The first kappa shape index (κ1) is 14.7. The molecule has 7 nitrogen and oxygen atoms in total. The summed E-state index contributed by atoms with van der Waals surface area (Å²) in [5, 5.41) is 2.79. The van der Waals surface area contributed by atoms with Gasteiger partial charge in [-0.2, -0.15) is 0 Å². The summed E-state index contributed by atoms with van der Waals surface area (Å²) in [6.45, 7) is 3.06. The van der Waals surface area contributed by atoms with Crippen molar-refractivity contribution in [3.8, 4) is 0 Å². The fourth-order valence-electron chi connectivity index (χ4n) is 2.31. The second-order valence-corrected chi connectivity index (χ2v) is 5.03. The number of hydrogen-bond acceptors (Lipinski definition) is 5. The number of ketones is 1. The fraction of sp³-hybridized carbons (Fsp3) is 0.125. The third-order valence-corrected chi connectivity index (χ3v) is 3.45. The van der Waals surface area contributed by atoms with Gasteiger partial charge in [-0.05, 0) is 38.1 Å². The van der Waals surface area contributed by atoms with Crippen LogP contribution in [-0.4, -0.2) is 21.7 Å². The third kappa shape index (κ3) is 2.64. The Kier molecular flexibility index (Phi) is 3.53. The van der Waals surface area contributed by atoms with Crippen LogP contribution in [0.25, 0.3) is 11.1 Å². The Labute approximate surface area is 130 Å². The van der Waals surface area contributed by atoms with Crippen molar-refractivity contribution in [2.45, 2.75) is 13.8 Å². The number of benzene rings is 1. The average Bonchev–Trinajstić information content (AvgIpc) is 2.85. The summed E-state index contributed by atoms with van der Waals surface area (Å²) in [6.07, 6.45) is 1.22. The summed E-state index contributed by atoms with van der Waals surface area (Å²) < 4.78 is 5.35. The first-order valence-electron chi connectivity index (χ1n) is 6.86. The lowest BCUT2D eigenvalue weighted by Crippen LogP contribution is -2.16. The van der Waals surface area contributed by atoms with Gasteiger partial charge in [0.25, 0.3) is 11.5 Å². The molecule has 2 aromatic heterocycles. The number of Topliss-reactive ketones (excluding diaryl/α,β-unsaturated/α-hetero) is 1. The van der Waals surface area contributed by atoms with E-state index in [1.165, 1.54) is 13.3 Å². The van der Waals surface area contributed by atoms with Gasteiger partial charge in [0.05, 0.1) is 11.9 Å². The maximum absolute atomic E-state index is 12.5. The van der Waals surface area contributed by atoms with Crippen LogP contribution in [0, 0.1) is 6.92 Å². The summed E-state index contributed by atoms with van der Waals surface area (Å²) in [6, 6.07) is 6.47. The predicted molar refractivity (Wildman–Crippen MR) is 83.8 cm³/mol. The van der Waals surface area contributed by atoms with E-state index >= 15 is 0 Å². The standard InChI is InChI=1S/C16H13N3O4/c1-8(20)10-3-5-11(6-4-10)19-15(22)12-9(2)23-16-13(12)14(21)17-7-18-16/h3-7H,1-2H3,(H,19,22)(H,17,18,21). The van der Waals surface area contributed by atoms with Crippen molar-refractivity contribution in [3.63, 3.8) is 0 Å². The van der Waals surface area contributed by atoms with Crippen LogP contribution in [-0.2, 0) is 0 Å². The van der Waals surface area contributed by atoms with Gasteiger partial charge in [0.2, 0.25) is 5.71 Å². The van der Waals surface area contributed by atoms with Crippen LogP contribution in [0.3, 0.4) is 0 Å². The van der Waals surface area contributed by atoms with Gasteiger partial charge >= 0.3 is 0 Å². The second-order valence-electron chi connectivity index (χ2n) is 5.03. The van der Waals surface area contributed by atoms with Crippen molar-refractivity contribution < 1.29 is 14.0 Å². The summed E-state index contributed by atoms with van der Waals surface area (Å²) in [4.78, 5) is 42.0. The lowest BCUT2D eigenvalue weighted by Gasteiger charge is -2.05. The van der Waals surface area contributed by atoms with Crippen molar-refractivity contribution in [1.82, 2.24) is 9.97 Å². The number of anilines is 1. The number of amides is 1. The minimum atomic E-state index is -0.477. The predicted octanol–water partition coefficient (Wildman–Crippen LogP) is 2.28. The van der Waals surface area contributed by atoms with Gasteiger partial charge in [-0.3, -0.25) is 14.4 Å². The number of nitrogens with one attached hydrogen (secondary N) is 2. The Balaban J connectivity index is 1.96. The fourth-order valence-corrected chi connectivity index (χ4v) is 2.31. The topological polar surface area (TPSA) is 105 Å². The van der Waals surface area contributed by atoms with E-state index < -0.39 is 11.5 Å². The number of hydrogen-bond donors (Lipinski definition) is 2. The van der Waals surface area contributed by atoms with E-state index in [0.29, 0.717) is 17.0 Å². The van der Waals surface area contributed by atoms with Crippen LogP contribution < -0.4 is 10.9 Å². The van der Waals surface area contributed by atoms with Crippen molar-refractivity contribution in [2.24, 2.45) is 0 Å². The Morgan fingerprint density at radius 3 is 2.57 bits per heavy atom. The molecule has 0 fully saturated rings. The number of aromatic nitrogens is 2. The Hall–Kier alpha value is -3.22. The van der Waals surface area contributed by atoms with Crippen LogP contribution in [0.5, 0.6) is 0 Å². The van der Waals surface area contributed by atoms with E-state index in [1.807, 2.05) is 0 Å². The monoisotopic (exact) mass is 311 g/mol. The zero-order valence-electron chi connectivity index (χ0n) is 12.5. The SMILES string of the molecule is CC(=O)c1ccc(NC(=O)c2c(C)oc3nc[nH]c(=O)c23)cc1. The normalized spacial score (nSPS) is 10.7. The largest absolute Gasteiger partial charge is 0.442 e. The van der Waals surface area contributed by atoms with Gasteiger partial charge in [-0.1, -0.05) is 0 Å². The molecular weight excluding hydrogens is 298 g/mol. The molecule has 0 aliphatic carbocycles. The van der Waals surface area contributed by atoms with Crippen LogP contribution in [0.4, 0.5) is 5.69 Å². The molecule has 0 atom stereocenters. The maximum atomic E-state index is 12.5. The molecule has 1 aromatic carbocycles. The first-order valence-corrected chi connectivity index (χ1v) is 6.86. The minimum Gasteiger partial charge on any atom is -0.442 e. The van der Waals surface area contributed by atoms with Gasteiger partial charge in [-0.25, -0.2) is 4.98 Å². The second kappa shape index (κ2) is 5.53. The highest BCUT2D eigenvalue weighted by atomic mass is 16.3. The smallest absolute Gasteiger partial charge is 0.262 e. The summed E-state index contributed by atoms with van der Waals surface area (Å²) in [7, 11) is 0. The summed E-state index contributed by atoms with van der Waals surface area (Å²) in [5.74, 6) is -0.227. The molecular formula is C16H13N3O4. The molecule has 0 aliphatic heterocycles. The number of aromatic amines is 1. The zero-order valence-corrected chi connectivity index (χ0v) is 12.5. The van der Waals surface area contributed by atoms with Crippen LogP contribution in [0.1, 0.15) is 33.4 Å². The number of H-pyrrole nitrogens is 1. The lowest BCUT2D eigenvalue weighted by atomic mass is 10.1. The molecule has 0 radical (unpaired) electrons. The minimum absolute atomic E-state index is 0.0582. The highest BCUT2D eigenvalue weighted by Gasteiger charge is 2.21. The molecule has 0 unspecified atom stereocenters. The Morgan fingerprint density at radius 1 is 1.22 bits per heavy atom. The first-order chi connectivity index (χ1) is 11.0. The van der Waals surface area contributed by atoms with Crippen molar-refractivity contribution in [2.75, 3.05) is 5.32 Å². The van der Waals surface area contributed by atoms with Crippen LogP contribution in [0.15, 0.2) is 39.8 Å². The third-order valence-electron chi connectivity index (χ3n) is 3.45. The van der Waals surface area contributed by atoms with Gasteiger partial charge in [0, 0.05) is 11.3 Å². The number of carbonyl (C=O) groups is 2. The van der Waals surface area contributed by atoms with Gasteiger partial charge in [-0.15, -0.1) is 0 Å². The Morgan fingerprint density at radius 2 is 1.91 bits per heavy atom. The van der Waals surface area contributed by atoms with E-state index in [4.69, 9.17) is 4.42 Å². The van der Waals surface area contributed by atoms with Crippen LogP contribution in [0.2, 0.25) is 0 Å². The summed E-state index contributed by atoms with van der Waals surface area (Å²) >= 11 is 0. The molecule has 0 saturated heterocycles. The molecule has 2 heterocycles. The van der Waals surface area contributed by atoms with Crippen LogP contribution >= 0.6 is 0 Å². The maximum Gasteiger partial charge on any atom is 0.262 e. The molecule has 3 rings (SSSR count).